The van der Waals surface area contributed by atoms with Crippen LogP contribution in [0.15, 0.2) is 78.9 Å². The first kappa shape index (κ1) is 76.6. The van der Waals surface area contributed by atoms with Crippen molar-refractivity contribution in [3.8, 4) is 57.1 Å². The molecule has 6 aliphatic rings. The summed E-state index contributed by atoms with van der Waals surface area (Å²) in [6.45, 7) is 4.79. The van der Waals surface area contributed by atoms with Crippen LogP contribution in [0.3, 0.4) is 0 Å². The summed E-state index contributed by atoms with van der Waals surface area (Å²) in [6.07, 6.45) is -6.66. The average Bonchev–Trinajstić information content (AvgIpc) is 0.769. The minimum Gasteiger partial charge on any atom is -0.508 e. The number of hydrogen-bond donors (Lipinski definition) is 18. The van der Waals surface area contributed by atoms with Crippen molar-refractivity contribution in [1.82, 2.24) is 42.5 Å². The Balaban J connectivity index is 1.30. The zero-order valence-electron chi connectivity index (χ0n) is 55.6. The van der Waals surface area contributed by atoms with Gasteiger partial charge in [-0.2, -0.15) is 0 Å². The van der Waals surface area contributed by atoms with Crippen LogP contribution in [0, 0.1) is 5.92 Å². The molecule has 0 radical (unpaired) electrons. The van der Waals surface area contributed by atoms with Crippen molar-refractivity contribution in [2.24, 2.45) is 11.7 Å². The molecule has 1 fully saturated rings. The lowest BCUT2D eigenvalue weighted by molar-refractivity contribution is -0.244. The number of ether oxygens (including phenoxy) is 4. The highest BCUT2D eigenvalue weighted by Gasteiger charge is 2.48. The molecule has 19 N–H and O–H groups in total. The Morgan fingerprint density at radius 1 is 0.647 bits per heavy atom. The minimum absolute atomic E-state index is 0.0679. The number of nitrogens with two attached hydrogens (primary N) is 1. The number of amides is 8. The van der Waals surface area contributed by atoms with Crippen molar-refractivity contribution in [3.63, 3.8) is 0 Å². The molecular formula is C69H81Cl2N9O22. The van der Waals surface area contributed by atoms with Gasteiger partial charge in [0.15, 0.2) is 17.5 Å². The lowest BCUT2D eigenvalue weighted by atomic mass is 9.89. The van der Waals surface area contributed by atoms with Gasteiger partial charge in [0.1, 0.15) is 95.5 Å². The Morgan fingerprint density at radius 3 is 1.84 bits per heavy atom. The van der Waals surface area contributed by atoms with E-state index in [1.165, 1.54) is 19.2 Å². The summed E-state index contributed by atoms with van der Waals surface area (Å²) in [5, 5.41) is 122. The highest BCUT2D eigenvalue weighted by Crippen LogP contribution is 2.49. The zero-order valence-corrected chi connectivity index (χ0v) is 57.1. The maximum Gasteiger partial charge on any atom is 0.330 e. The number of carboxylic acids is 1. The molecule has 0 aromatic heterocycles. The Labute approximate surface area is 593 Å². The van der Waals surface area contributed by atoms with Gasteiger partial charge in [-0.05, 0) is 103 Å². The number of phenolic OH excluding ortho intramolecular Hbond substituents is 3. The predicted octanol–water partition coefficient (Wildman–Crippen LogP) is 3.13. The van der Waals surface area contributed by atoms with E-state index in [1.807, 2.05) is 13.8 Å². The van der Waals surface area contributed by atoms with Gasteiger partial charge in [-0.1, -0.05) is 101 Å². The second kappa shape index (κ2) is 33.5. The van der Waals surface area contributed by atoms with E-state index in [0.717, 1.165) is 98.8 Å². The van der Waals surface area contributed by atoms with Crippen LogP contribution < -0.4 is 62.5 Å². The number of hydrogen-bond acceptors (Lipinski definition) is 22. The summed E-state index contributed by atoms with van der Waals surface area (Å²) in [5.74, 6) is -16.4. The van der Waals surface area contributed by atoms with Gasteiger partial charge in [0.25, 0.3) is 0 Å². The number of fused-ring (bicyclic) bond motifs is 15. The second-order valence-electron chi connectivity index (χ2n) is 25.7. The Kier molecular flexibility index (Phi) is 25.1. The molecule has 5 aromatic rings. The molecule has 33 heteroatoms. The maximum atomic E-state index is 16.0. The Bertz CT molecular complexity index is 4020. The average molecular weight is 1460 g/mol. The SMILES string of the molecule is CCCCCCCCCC(=O)N[C@H]1[C@H](Oc2c3cc4cc2Oc2ccc(cc2Cl)[C@@H](O)[C@@H](NC(=O)[C@@H](CC(C)C)NC)C(=O)N[C@@H](CC(N)=O)C(=O)N[C@H]4C(=O)N[C@H]2C(=O)N[C@H](C(=O)N[C@H](C(=O)O)c4cc(O)cc(O)c4-c4cc2ccc4O)[C@H](O)c2ccc(c(Cl)c2)O3)O[C@H](CO)[C@@H](O)[C@@H]1O. The molecule has 5 aromatic carbocycles. The fourth-order valence-electron chi connectivity index (χ4n) is 12.4. The first-order chi connectivity index (χ1) is 48.5. The van der Waals surface area contributed by atoms with Crippen LogP contribution in [0.5, 0.6) is 46.0 Å². The Hall–Kier alpha value is -9.57. The number of rotatable bonds is 20. The third kappa shape index (κ3) is 17.6. The number of aliphatic hydroxyl groups excluding tert-OH is 5. The quantitative estimate of drug-likeness (QED) is 0.0498. The number of nitrogens with one attached hydrogen (secondary N) is 8. The summed E-state index contributed by atoms with van der Waals surface area (Å²) in [6, 6.07) is -2.13. The van der Waals surface area contributed by atoms with Gasteiger partial charge < -0.3 is 113 Å². The molecule has 11 rings (SSSR count). The van der Waals surface area contributed by atoms with Gasteiger partial charge in [0.05, 0.1) is 29.1 Å². The molecule has 0 unspecified atom stereocenters. The van der Waals surface area contributed by atoms with Crippen LogP contribution in [0.2, 0.25) is 10.0 Å². The molecule has 14 atom stereocenters. The first-order valence-electron chi connectivity index (χ1n) is 33.0. The number of primary amides is 1. The van der Waals surface area contributed by atoms with Crippen LogP contribution in [0.1, 0.15) is 143 Å². The van der Waals surface area contributed by atoms with E-state index >= 15 is 14.4 Å². The fourth-order valence-corrected chi connectivity index (χ4v) is 12.9. The molecule has 548 valence electrons. The van der Waals surface area contributed by atoms with Crippen molar-refractivity contribution < 1.29 is 108 Å². The molecule has 0 spiro atoms. The number of halogens is 2. The van der Waals surface area contributed by atoms with E-state index in [1.54, 1.807) is 0 Å². The zero-order chi connectivity index (χ0) is 74.1. The lowest BCUT2D eigenvalue weighted by Gasteiger charge is -2.42. The largest absolute Gasteiger partial charge is 0.508 e. The summed E-state index contributed by atoms with van der Waals surface area (Å²) < 4.78 is 26.0. The van der Waals surface area contributed by atoms with Gasteiger partial charge in [-0.15, -0.1) is 0 Å². The standard InChI is InChI=1S/C69H81Cl2N9O22/c1-5-6-7-8-9-10-11-12-49(86)75-56-60(90)59(89)47(28-81)101-69(56)102-61-45-23-33-24-46(61)100-44-18-15-32(22-38(44)71)58(88)55-67(96)78-53(68(97)98)36-25-34(82)26-42(84)50(36)35-20-30(13-16-41(35)83)51(64(93)80-55)77-65(94)52(33)76-63(92)40(27-48(72)85)74-66(95)54(79-62(91)39(73-4)19-29(2)3)57(87)31-14-17-43(99-45)37(70)21-31/h13-18,20-26,29,39-40,47,51-60,69,73,81-84,87-90H,5-12,19,27-28H2,1-4H3,(H2,72,85)(H,74,95)(H,75,86)(H,76,92)(H,77,94)(H,78,96)(H,79,91)(H,80,93)(H,97,98)/t39-,40+,47-,51-,52-,53+,54-,55+,56-,57-,58-,59-,60-,69+/m1/s1. The number of carbonyl (C=O) groups excluding carboxylic acids is 8. The van der Waals surface area contributed by atoms with Gasteiger partial charge in [-0.3, -0.25) is 38.4 Å². The number of carboxylic acid groups (broad SMARTS) is 1. The van der Waals surface area contributed by atoms with E-state index in [0.29, 0.717) is 12.8 Å². The second-order valence-corrected chi connectivity index (χ2v) is 26.5. The van der Waals surface area contributed by atoms with Gasteiger partial charge in [-0.25, -0.2) is 4.79 Å². The van der Waals surface area contributed by atoms with Crippen LogP contribution in [-0.2, 0) is 47.9 Å². The molecule has 6 heterocycles. The van der Waals surface area contributed by atoms with E-state index in [4.69, 9.17) is 47.9 Å². The normalized spacial score (nSPS) is 24.6. The number of benzene rings is 5. The molecule has 1 saturated heterocycles. The molecule has 6 aliphatic heterocycles. The number of unbranched alkanes of at least 4 members (excludes halogenated alkanes) is 6. The highest BCUT2D eigenvalue weighted by molar-refractivity contribution is 6.32. The van der Waals surface area contributed by atoms with Crippen LogP contribution in [-0.4, -0.2) is 168 Å². The summed E-state index contributed by atoms with van der Waals surface area (Å²) >= 11 is 14.1. The number of phenols is 3. The smallest absolute Gasteiger partial charge is 0.330 e. The molecule has 8 amide bonds. The van der Waals surface area contributed by atoms with Crippen molar-refractivity contribution in [2.45, 2.75) is 170 Å². The highest BCUT2D eigenvalue weighted by atomic mass is 35.5. The predicted molar refractivity (Wildman–Crippen MR) is 361 cm³/mol. The molecule has 0 aliphatic carbocycles. The number of aliphatic hydroxyl groups is 5. The van der Waals surface area contributed by atoms with E-state index in [2.05, 4.69) is 49.5 Å². The third-order valence-electron chi connectivity index (χ3n) is 17.8. The van der Waals surface area contributed by atoms with Crippen molar-refractivity contribution in [1.29, 1.82) is 0 Å². The van der Waals surface area contributed by atoms with Crippen LogP contribution in [0.25, 0.3) is 11.1 Å². The van der Waals surface area contributed by atoms with Crippen molar-refractivity contribution in [2.75, 3.05) is 13.7 Å². The molecule has 11 bridgehead atoms. The molecule has 0 saturated carbocycles. The fraction of sp³-hybridized carbons (Fsp3) is 0.435. The van der Waals surface area contributed by atoms with Crippen LogP contribution in [0.4, 0.5) is 0 Å². The van der Waals surface area contributed by atoms with Gasteiger partial charge in [0.2, 0.25) is 59.3 Å². The Morgan fingerprint density at radius 2 is 1.25 bits per heavy atom. The van der Waals surface area contributed by atoms with Crippen molar-refractivity contribution >= 4 is 76.4 Å². The van der Waals surface area contributed by atoms with Gasteiger partial charge in [0, 0.05) is 29.2 Å². The maximum absolute atomic E-state index is 16.0. The molecule has 102 heavy (non-hydrogen) atoms. The first-order valence-corrected chi connectivity index (χ1v) is 33.7. The number of aromatic hydroxyl groups is 3. The monoisotopic (exact) mass is 1460 g/mol. The minimum atomic E-state index is -2.33. The number of carbonyl (C=O) groups is 9. The van der Waals surface area contributed by atoms with E-state index in [-0.39, 0.29) is 52.0 Å². The molecular weight excluding hydrogens is 1380 g/mol. The van der Waals surface area contributed by atoms with E-state index in [9.17, 15) is 74.7 Å². The number of likely N-dealkylation sites (N-methyl/N-ethyl adjacent to an activating group) is 1. The molecule has 31 nitrogen and oxygen atoms in total. The van der Waals surface area contributed by atoms with Crippen LogP contribution >= 0.6 is 23.2 Å². The summed E-state index contributed by atoms with van der Waals surface area (Å²) in [4.78, 5) is 131. The van der Waals surface area contributed by atoms with E-state index < -0.39 is 213 Å². The lowest BCUT2D eigenvalue weighted by Crippen LogP contribution is -2.65. The summed E-state index contributed by atoms with van der Waals surface area (Å²) in [5.41, 5.74) is 2.98. The summed E-state index contributed by atoms with van der Waals surface area (Å²) in [7, 11) is 1.48. The third-order valence-corrected chi connectivity index (χ3v) is 18.4. The van der Waals surface area contributed by atoms with Gasteiger partial charge >= 0.3 is 5.97 Å². The van der Waals surface area contributed by atoms with Crippen molar-refractivity contribution in [3.05, 3.63) is 117 Å². The number of aliphatic carboxylic acids is 1. The topological polar surface area (TPSA) is 495 Å².